The van der Waals surface area contributed by atoms with Crippen LogP contribution in [0.1, 0.15) is 45.4 Å². The molecule has 0 aromatic heterocycles. The molecule has 0 aliphatic heterocycles. The van der Waals surface area contributed by atoms with E-state index in [-0.39, 0.29) is 5.91 Å². The second-order valence-corrected chi connectivity index (χ2v) is 6.45. The Labute approximate surface area is 117 Å². The normalized spacial score (nSPS) is 31.0. The predicted molar refractivity (Wildman–Crippen MR) is 77.8 cm³/mol. The first-order chi connectivity index (χ1) is 9.08. The summed E-state index contributed by atoms with van der Waals surface area (Å²) in [4.78, 5) is 14.3. The summed E-state index contributed by atoms with van der Waals surface area (Å²) in [7, 11) is 2.20. The molecule has 2 aliphatic rings. The molecule has 0 radical (unpaired) electrons. The fraction of sp³-hybridized carbons (Fsp3) is 0.933. The largest absolute Gasteiger partial charge is 0.368 e. The Balaban J connectivity index is 1.87. The molecule has 1 amide bonds. The maximum Gasteiger partial charge on any atom is 0.238 e. The molecule has 2 saturated carbocycles. The molecular weight excluding hydrogens is 238 g/mol. The zero-order chi connectivity index (χ0) is 13.9. The molecule has 2 fully saturated rings. The summed E-state index contributed by atoms with van der Waals surface area (Å²) in [6, 6.07) is 0. The van der Waals surface area contributed by atoms with Gasteiger partial charge in [0.25, 0.3) is 0 Å². The van der Waals surface area contributed by atoms with Crippen molar-refractivity contribution in [2.45, 2.75) is 51.0 Å². The summed E-state index contributed by atoms with van der Waals surface area (Å²) in [6.45, 7) is 5.18. The molecule has 4 nitrogen and oxygen atoms in total. The van der Waals surface area contributed by atoms with Crippen LogP contribution in [0, 0.1) is 11.8 Å². The van der Waals surface area contributed by atoms with E-state index in [0.717, 1.165) is 44.7 Å². The average Bonchev–Trinajstić information content (AvgIpc) is 3.06. The maximum absolute atomic E-state index is 11.9. The van der Waals surface area contributed by atoms with Crippen LogP contribution in [0.5, 0.6) is 0 Å². The summed E-state index contributed by atoms with van der Waals surface area (Å²) >= 11 is 0. The van der Waals surface area contributed by atoms with Crippen LogP contribution in [-0.2, 0) is 4.79 Å². The molecule has 2 rings (SSSR count). The van der Waals surface area contributed by atoms with Crippen molar-refractivity contribution in [3.8, 4) is 0 Å². The number of nitrogens with zero attached hydrogens (tertiary/aromatic N) is 1. The lowest BCUT2D eigenvalue weighted by Gasteiger charge is -2.34. The van der Waals surface area contributed by atoms with Crippen LogP contribution < -0.4 is 11.1 Å². The van der Waals surface area contributed by atoms with Crippen molar-refractivity contribution in [2.75, 3.05) is 26.7 Å². The van der Waals surface area contributed by atoms with Crippen LogP contribution in [0.15, 0.2) is 0 Å². The van der Waals surface area contributed by atoms with Crippen molar-refractivity contribution in [3.05, 3.63) is 0 Å². The minimum Gasteiger partial charge on any atom is -0.368 e. The molecule has 0 bridgehead atoms. The summed E-state index contributed by atoms with van der Waals surface area (Å²) < 4.78 is 0. The molecule has 2 atom stereocenters. The van der Waals surface area contributed by atoms with Gasteiger partial charge in [0.1, 0.15) is 5.54 Å². The standard InChI is InChI=1S/C15H29N3O/c1-3-17-15(14(16)19)9-4-5-13(15)8-10-18(2)11-12-6-7-12/h12-13,17H,3-11H2,1-2H3,(H2,16,19). The first-order valence-electron chi connectivity index (χ1n) is 7.82. The number of hydrogen-bond acceptors (Lipinski definition) is 3. The molecule has 3 N–H and O–H groups in total. The van der Waals surface area contributed by atoms with Crippen LogP contribution in [0.2, 0.25) is 0 Å². The Hall–Kier alpha value is -0.610. The summed E-state index contributed by atoms with van der Waals surface area (Å²) in [5.41, 5.74) is 5.26. The molecule has 2 aliphatic carbocycles. The Bertz CT molecular complexity index is 317. The van der Waals surface area contributed by atoms with Gasteiger partial charge < -0.3 is 16.0 Å². The minimum absolute atomic E-state index is 0.151. The topological polar surface area (TPSA) is 58.4 Å². The number of carbonyl (C=O) groups excluding carboxylic acids is 1. The molecule has 110 valence electrons. The number of nitrogens with two attached hydrogens (primary N) is 1. The van der Waals surface area contributed by atoms with Crippen molar-refractivity contribution >= 4 is 5.91 Å². The van der Waals surface area contributed by atoms with E-state index in [1.54, 1.807) is 0 Å². The molecule has 0 spiro atoms. The van der Waals surface area contributed by atoms with Gasteiger partial charge in [0, 0.05) is 6.54 Å². The zero-order valence-electron chi connectivity index (χ0n) is 12.5. The first-order valence-corrected chi connectivity index (χ1v) is 7.82. The van der Waals surface area contributed by atoms with Crippen LogP contribution in [0.4, 0.5) is 0 Å². The van der Waals surface area contributed by atoms with Crippen LogP contribution >= 0.6 is 0 Å². The third kappa shape index (κ3) is 3.48. The van der Waals surface area contributed by atoms with E-state index in [2.05, 4.69) is 24.2 Å². The third-order valence-corrected chi connectivity index (χ3v) is 4.88. The van der Waals surface area contributed by atoms with Gasteiger partial charge in [-0.15, -0.1) is 0 Å². The monoisotopic (exact) mass is 267 g/mol. The Morgan fingerprint density at radius 3 is 2.74 bits per heavy atom. The second kappa shape index (κ2) is 6.23. The highest BCUT2D eigenvalue weighted by molar-refractivity contribution is 5.85. The Kier molecular flexibility index (Phi) is 4.85. The minimum atomic E-state index is -0.435. The van der Waals surface area contributed by atoms with E-state index < -0.39 is 5.54 Å². The van der Waals surface area contributed by atoms with Gasteiger partial charge in [0.15, 0.2) is 0 Å². The van der Waals surface area contributed by atoms with Crippen LogP contribution in [0.3, 0.4) is 0 Å². The SMILES string of the molecule is CCNC1(C(N)=O)CCCC1CCN(C)CC1CC1. The molecule has 0 heterocycles. The van der Waals surface area contributed by atoms with Gasteiger partial charge in [-0.1, -0.05) is 13.3 Å². The smallest absolute Gasteiger partial charge is 0.238 e. The summed E-state index contributed by atoms with van der Waals surface area (Å²) in [5, 5.41) is 3.39. The number of rotatable bonds is 8. The summed E-state index contributed by atoms with van der Waals surface area (Å²) in [5.74, 6) is 1.19. The number of amides is 1. The predicted octanol–water partition coefficient (Wildman–Crippen LogP) is 1.35. The fourth-order valence-corrected chi connectivity index (χ4v) is 3.64. The number of hydrogen-bond donors (Lipinski definition) is 2. The van der Waals surface area contributed by atoms with E-state index in [1.807, 2.05) is 0 Å². The van der Waals surface area contributed by atoms with Gasteiger partial charge in [-0.2, -0.15) is 0 Å². The lowest BCUT2D eigenvalue weighted by Crippen LogP contribution is -2.58. The zero-order valence-corrected chi connectivity index (χ0v) is 12.5. The van der Waals surface area contributed by atoms with Gasteiger partial charge >= 0.3 is 0 Å². The molecular formula is C15H29N3O. The molecule has 19 heavy (non-hydrogen) atoms. The van der Waals surface area contributed by atoms with Crippen LogP contribution in [-0.4, -0.2) is 43.0 Å². The highest BCUT2D eigenvalue weighted by Gasteiger charge is 2.46. The maximum atomic E-state index is 11.9. The molecule has 0 saturated heterocycles. The molecule has 4 heteroatoms. The average molecular weight is 267 g/mol. The molecule has 2 unspecified atom stereocenters. The fourth-order valence-electron chi connectivity index (χ4n) is 3.64. The van der Waals surface area contributed by atoms with E-state index in [0.29, 0.717) is 5.92 Å². The van der Waals surface area contributed by atoms with E-state index in [1.165, 1.54) is 19.4 Å². The van der Waals surface area contributed by atoms with Crippen molar-refractivity contribution in [1.82, 2.24) is 10.2 Å². The van der Waals surface area contributed by atoms with Gasteiger partial charge in [-0.3, -0.25) is 4.79 Å². The van der Waals surface area contributed by atoms with Crippen molar-refractivity contribution in [3.63, 3.8) is 0 Å². The van der Waals surface area contributed by atoms with Gasteiger partial charge in [0.05, 0.1) is 0 Å². The van der Waals surface area contributed by atoms with Gasteiger partial charge in [-0.05, 0) is 64.1 Å². The highest BCUT2D eigenvalue weighted by atomic mass is 16.1. The number of nitrogens with one attached hydrogen (secondary N) is 1. The van der Waals surface area contributed by atoms with E-state index in [9.17, 15) is 4.79 Å². The van der Waals surface area contributed by atoms with Gasteiger partial charge in [-0.25, -0.2) is 0 Å². The van der Waals surface area contributed by atoms with Gasteiger partial charge in [0.2, 0.25) is 5.91 Å². The lowest BCUT2D eigenvalue weighted by atomic mass is 9.83. The first kappa shape index (κ1) is 14.8. The molecule has 0 aromatic carbocycles. The number of carbonyl (C=O) groups is 1. The van der Waals surface area contributed by atoms with E-state index >= 15 is 0 Å². The van der Waals surface area contributed by atoms with Crippen molar-refractivity contribution in [2.24, 2.45) is 17.6 Å². The van der Waals surface area contributed by atoms with Crippen LogP contribution in [0.25, 0.3) is 0 Å². The number of primary amides is 1. The number of likely N-dealkylation sites (N-methyl/N-ethyl adjacent to an activating group) is 1. The third-order valence-electron chi connectivity index (χ3n) is 4.88. The lowest BCUT2D eigenvalue weighted by molar-refractivity contribution is -0.126. The highest BCUT2D eigenvalue weighted by Crippen LogP contribution is 2.38. The molecule has 0 aromatic rings. The second-order valence-electron chi connectivity index (χ2n) is 6.45. The van der Waals surface area contributed by atoms with Crippen molar-refractivity contribution < 1.29 is 4.79 Å². The Morgan fingerprint density at radius 1 is 1.42 bits per heavy atom. The summed E-state index contributed by atoms with van der Waals surface area (Å²) in [6.07, 6.45) is 7.04. The van der Waals surface area contributed by atoms with Crippen molar-refractivity contribution in [1.29, 1.82) is 0 Å². The van der Waals surface area contributed by atoms with E-state index in [4.69, 9.17) is 5.73 Å². The quantitative estimate of drug-likeness (QED) is 0.698. The Morgan fingerprint density at radius 2 is 2.16 bits per heavy atom.